The topological polar surface area (TPSA) is 652 Å². The summed E-state index contributed by atoms with van der Waals surface area (Å²) in [6.07, 6.45) is -17.7. The van der Waals surface area contributed by atoms with Crippen LogP contribution in [0.4, 0.5) is 57.4 Å². The number of halogens is 9. The average Bonchev–Trinajstić information content (AvgIpc) is 1.37. The van der Waals surface area contributed by atoms with Gasteiger partial charge in [0.25, 0.3) is 0 Å². The van der Waals surface area contributed by atoms with Crippen molar-refractivity contribution in [3.63, 3.8) is 0 Å². The van der Waals surface area contributed by atoms with E-state index in [0.29, 0.717) is 37.5 Å². The van der Waals surface area contributed by atoms with E-state index in [4.69, 9.17) is 61.9 Å². The zero-order valence-electron chi connectivity index (χ0n) is 76.3. The smallest absolute Gasteiger partial charge is 0.433 e. The van der Waals surface area contributed by atoms with Crippen molar-refractivity contribution >= 4 is 47.4 Å². The molecule has 3 saturated heterocycles. The van der Waals surface area contributed by atoms with E-state index >= 15 is 0 Å². The summed E-state index contributed by atoms with van der Waals surface area (Å²) in [5.74, 6) is -5.89. The number of hydrogen-bond donors (Lipinski definition) is 17. The van der Waals surface area contributed by atoms with Gasteiger partial charge < -0.3 is 145 Å². The molecule has 6 aromatic heterocycles. The first-order chi connectivity index (χ1) is 67.0. The summed E-state index contributed by atoms with van der Waals surface area (Å²) in [4.78, 5) is 88.6. The van der Waals surface area contributed by atoms with Crippen LogP contribution in [0.3, 0.4) is 0 Å². The summed E-state index contributed by atoms with van der Waals surface area (Å²) in [6.45, 7) is -2.21. The van der Waals surface area contributed by atoms with E-state index in [9.17, 15) is 109 Å². The van der Waals surface area contributed by atoms with Gasteiger partial charge in [0.05, 0.1) is 175 Å². The Morgan fingerprint density at radius 1 is 0.371 bits per heavy atom. The van der Waals surface area contributed by atoms with Crippen LogP contribution >= 0.6 is 0 Å². The van der Waals surface area contributed by atoms with Gasteiger partial charge in [-0.1, -0.05) is 54.2 Å². The number of rotatable bonds is 66. The van der Waals surface area contributed by atoms with Gasteiger partial charge in [-0.15, -0.1) is 15.3 Å². The molecule has 58 heteroatoms. The predicted molar refractivity (Wildman–Crippen MR) is 459 cm³/mol. The molecule has 0 spiro atoms. The Morgan fingerprint density at radius 3 is 0.943 bits per heavy atom. The maximum absolute atomic E-state index is 14.1. The summed E-state index contributed by atoms with van der Waals surface area (Å²) < 4.78 is 196. The van der Waals surface area contributed by atoms with E-state index in [1.54, 1.807) is 0 Å². The summed E-state index contributed by atoms with van der Waals surface area (Å²) in [5, 5.41) is 142. The van der Waals surface area contributed by atoms with Crippen LogP contribution in [-0.2, 0) is 125 Å². The molecule has 0 aliphatic carbocycles. The van der Waals surface area contributed by atoms with Crippen molar-refractivity contribution in [2.45, 2.75) is 239 Å². The number of carboxylic acid groups (broad SMARTS) is 1. The largest absolute Gasteiger partial charge is 0.481 e. The van der Waals surface area contributed by atoms with Gasteiger partial charge in [-0.05, 0) is 32.1 Å². The number of aromatic nitrogens is 15. The monoisotopic (exact) mass is 2020 g/mol. The zero-order chi connectivity index (χ0) is 101. The summed E-state index contributed by atoms with van der Waals surface area (Å²) >= 11 is 0. The van der Waals surface area contributed by atoms with Crippen molar-refractivity contribution < 1.29 is 171 Å². The summed E-state index contributed by atoms with van der Waals surface area (Å²) in [6, 6.07) is -1.77. The fourth-order valence-electron chi connectivity index (χ4n) is 14.2. The molecule has 3 aliphatic heterocycles. The lowest BCUT2D eigenvalue weighted by atomic mass is 9.82. The first-order valence-corrected chi connectivity index (χ1v) is 45.3. The van der Waals surface area contributed by atoms with Gasteiger partial charge in [0, 0.05) is 75.5 Å². The Balaban J connectivity index is 0.726. The molecule has 17 N–H and O–H groups in total. The van der Waals surface area contributed by atoms with E-state index < -0.39 is 193 Å². The van der Waals surface area contributed by atoms with Gasteiger partial charge >= 0.3 is 24.5 Å². The molecule has 9 rings (SSSR count). The first-order valence-electron chi connectivity index (χ1n) is 45.3. The van der Waals surface area contributed by atoms with Crippen LogP contribution < -0.4 is 51.4 Å². The lowest BCUT2D eigenvalue weighted by Gasteiger charge is -2.37. The number of nitrogens with one attached hydrogen (secondary N) is 7. The highest BCUT2D eigenvalue weighted by Gasteiger charge is 2.44. The first kappa shape index (κ1) is 113. The van der Waals surface area contributed by atoms with E-state index in [1.165, 1.54) is 32.6 Å². The van der Waals surface area contributed by atoms with Crippen molar-refractivity contribution in [1.29, 1.82) is 0 Å². The van der Waals surface area contributed by atoms with Crippen LogP contribution in [0.2, 0.25) is 0 Å². The third-order valence-corrected chi connectivity index (χ3v) is 21.9. The van der Waals surface area contributed by atoms with Crippen LogP contribution in [0.5, 0.6) is 17.6 Å². The number of ether oxygens (including phenoxy) is 12. The molecule has 0 radical (unpaired) electrons. The van der Waals surface area contributed by atoms with Gasteiger partial charge in [0.1, 0.15) is 91.8 Å². The average molecular weight is 2020 g/mol. The fourth-order valence-corrected chi connectivity index (χ4v) is 14.2. The Kier molecular flexibility index (Phi) is 47.0. The molecule has 13 atom stereocenters. The molecule has 0 saturated carbocycles. The van der Waals surface area contributed by atoms with Crippen LogP contribution in [0, 0.1) is 0 Å². The molecule has 3 aliphatic rings. The van der Waals surface area contributed by atoms with E-state index in [0.717, 1.165) is 32.1 Å². The van der Waals surface area contributed by atoms with Crippen molar-refractivity contribution in [3.05, 3.63) is 71.0 Å². The molecule has 3 fully saturated rings. The van der Waals surface area contributed by atoms with Crippen LogP contribution in [0.1, 0.15) is 137 Å². The number of nitrogens with zero attached hydrogens (tertiary/aromatic N) is 15. The minimum atomic E-state index is -4.93. The lowest BCUT2D eigenvalue weighted by molar-refractivity contribution is -0.152. The van der Waals surface area contributed by atoms with Crippen molar-refractivity contribution in [1.82, 2.24) is 96.2 Å². The fraction of sp³-hybridized carbons (Fsp3) is 0.720. The van der Waals surface area contributed by atoms with Crippen LogP contribution in [0.25, 0.3) is 0 Å². The second-order valence-corrected chi connectivity index (χ2v) is 32.7. The molecule has 49 nitrogen and oxygen atoms in total. The molecule has 6 aromatic rings. The van der Waals surface area contributed by atoms with E-state index in [-0.39, 0.29) is 233 Å². The SMILES string of the molecule is O=C(O)CCCCCCCCCCC(=O)NC(CCC(=O)NCCOCCOCCn1cc(COc2cc(C(F)(F)F)nc(NC3CO[C@H](CO)[C@H](O)[C@@H]3O)n2)nn1)(CCC(=O)NCCOCCOCCn1cc(COc2cc(C(F)(F)F)nc(N[C@H]3CO[C@H](CO)[C@H](O)[C@@H]3O)n2)nn1)CCC(=O)NCCOCCOCCn1cc(COc2cc(C(F)(F)F)nc(N[C@H]3CO[C@H](CO)C(O)[C@@H]3O)n2)nn1. The maximum atomic E-state index is 14.1. The Morgan fingerprint density at radius 2 is 0.657 bits per heavy atom. The predicted octanol–water partition coefficient (Wildman–Crippen LogP) is -0.666. The highest BCUT2D eigenvalue weighted by atomic mass is 19.4. The number of aliphatic carboxylic acids is 1. The minimum absolute atomic E-state index is 0.0296. The second kappa shape index (κ2) is 58.1. The van der Waals surface area contributed by atoms with Gasteiger partial charge in [-0.2, -0.15) is 54.5 Å². The van der Waals surface area contributed by atoms with Gasteiger partial charge in [0.2, 0.25) is 59.1 Å². The van der Waals surface area contributed by atoms with Crippen molar-refractivity contribution in [2.75, 3.05) is 155 Å². The number of alkyl halides is 9. The number of aliphatic hydroxyl groups excluding tert-OH is 9. The van der Waals surface area contributed by atoms with E-state index in [1.807, 2.05) is 0 Å². The quantitative estimate of drug-likeness (QED) is 0.0166. The molecular weight excluding hydrogens is 1900 g/mol. The summed E-state index contributed by atoms with van der Waals surface area (Å²) in [7, 11) is 0. The van der Waals surface area contributed by atoms with Gasteiger partial charge in [-0.3, -0.25) is 24.0 Å². The number of carbonyl (C=O) groups is 5. The molecule has 9 heterocycles. The van der Waals surface area contributed by atoms with Gasteiger partial charge in [0.15, 0.2) is 17.1 Å². The highest BCUT2D eigenvalue weighted by Crippen LogP contribution is 2.36. The Bertz CT molecular complexity index is 4290. The maximum Gasteiger partial charge on any atom is 0.433 e. The normalized spacial score (nSPS) is 20.6. The summed E-state index contributed by atoms with van der Waals surface area (Å²) in [5.41, 5.74) is -4.83. The standard InChI is InChI=1S/C82H121F9N22O27/c83-80(84,85)59-35-66(101-76(98-59)95-53-47-135-56(41-114)73(126)70(53)123)138-44-50-38-111(108-105-50)20-26-132-32-29-129-23-17-92-62(117)11-14-79(104-65(120)9-7-5-3-1-2-4-6-8-10-69(121)122,15-12-63(118)93-18-24-130-30-33-133-27-21-112-39-51(106-109-112)45-139-67-36-60(81(86,87)88)99-77(102-67)96-54-48-136-57(42-115)74(127)71(54)124)16-13-64(119)94-19-25-131-31-34-134-28-22-113-40-52(107-110-113)46-140-68-37-61(82(89,90)91)100-78(103-68)97-55-49-137-58(43-116)75(128)72(55)125/h35-40,53-58,70-75,114-116,123-128H,1-34,41-49H2,(H,92,117)(H,93,118)(H,94,119)(H,104,120)(H,121,122)(H,95,98,101)(H,96,99,102)(H,97,100,103)/t53-,54-,55?,56+,57+,58+,70+,71+,72+,73-,74?,75-,79?/m0/s1. The number of carboxylic acids is 1. The highest BCUT2D eigenvalue weighted by molar-refractivity contribution is 5.80. The van der Waals surface area contributed by atoms with Crippen molar-refractivity contribution in [3.8, 4) is 17.6 Å². The Hall–Kier alpha value is -10.5. The van der Waals surface area contributed by atoms with Gasteiger partial charge in [-0.25, -0.2) is 29.0 Å². The number of anilines is 3. The van der Waals surface area contributed by atoms with E-state index in [2.05, 4.69) is 98.1 Å². The zero-order valence-corrected chi connectivity index (χ0v) is 76.3. The number of aliphatic hydroxyl groups is 9. The minimum Gasteiger partial charge on any atom is -0.481 e. The molecule has 0 bridgehead atoms. The molecule has 784 valence electrons. The third kappa shape index (κ3) is 39.7. The van der Waals surface area contributed by atoms with Crippen LogP contribution in [-0.4, -0.2) is 373 Å². The molecule has 140 heavy (non-hydrogen) atoms. The number of hydrogen-bond acceptors (Lipinski definition) is 41. The van der Waals surface area contributed by atoms with Crippen LogP contribution in [0.15, 0.2) is 36.8 Å². The van der Waals surface area contributed by atoms with Crippen molar-refractivity contribution in [2.24, 2.45) is 0 Å². The molecule has 0 aromatic carbocycles. The lowest BCUT2D eigenvalue weighted by Crippen LogP contribution is -2.56. The Labute approximate surface area is 794 Å². The third-order valence-electron chi connectivity index (χ3n) is 21.9. The number of amides is 4. The molecular formula is C82H121F9N22O27. The number of unbranched alkanes of at least 4 members (excludes halogenated alkanes) is 7. The second-order valence-electron chi connectivity index (χ2n) is 32.7. The molecule has 4 amide bonds. The molecule has 3 unspecified atom stereocenters. The number of carbonyl (C=O) groups excluding carboxylic acids is 4.